The Morgan fingerprint density at radius 2 is 1.66 bits per heavy atom. The predicted octanol–water partition coefficient (Wildman–Crippen LogP) is 7.05. The number of nitrogens with zero attached hydrogens (tertiary/aromatic N) is 4. The summed E-state index contributed by atoms with van der Waals surface area (Å²) in [6.45, 7) is 2.13. The molecule has 1 aliphatic heterocycles. The third kappa shape index (κ3) is 5.84. The number of morpholine rings is 1. The van der Waals surface area contributed by atoms with Crippen LogP contribution >= 0.6 is 23.2 Å². The van der Waals surface area contributed by atoms with E-state index in [4.69, 9.17) is 42.8 Å². The highest BCUT2D eigenvalue weighted by atomic mass is 35.5. The molecular formula is C32H26Cl2N4O3. The van der Waals surface area contributed by atoms with Crippen molar-refractivity contribution in [2.75, 3.05) is 33.4 Å². The topological polar surface area (TPSA) is 69.5 Å². The fourth-order valence-electron chi connectivity index (χ4n) is 4.80. The summed E-state index contributed by atoms with van der Waals surface area (Å²) in [5.74, 6) is 0.702. The molecule has 0 radical (unpaired) electrons. The number of carbonyl (C=O) groups is 1. The van der Waals surface area contributed by atoms with E-state index in [0.717, 1.165) is 33.6 Å². The molecule has 7 nitrogen and oxygen atoms in total. The fraction of sp³-hybridized carbons (Fsp3) is 0.156. The molecule has 9 heteroatoms. The molecule has 0 spiro atoms. The van der Waals surface area contributed by atoms with E-state index < -0.39 is 0 Å². The molecular weight excluding hydrogens is 559 g/mol. The van der Waals surface area contributed by atoms with Gasteiger partial charge in [-0.15, -0.1) is 0 Å². The Kier molecular flexibility index (Phi) is 7.74. The third-order valence-corrected chi connectivity index (χ3v) is 7.44. The van der Waals surface area contributed by atoms with Crippen LogP contribution in [-0.4, -0.2) is 59.0 Å². The average molecular weight is 585 g/mol. The zero-order valence-corrected chi connectivity index (χ0v) is 23.8. The molecule has 5 aromatic rings. The largest absolute Gasteiger partial charge is 0.497 e. The van der Waals surface area contributed by atoms with Gasteiger partial charge < -0.3 is 14.4 Å². The minimum absolute atomic E-state index is 0.0629. The summed E-state index contributed by atoms with van der Waals surface area (Å²) in [4.78, 5) is 20.2. The number of pyridine rings is 1. The van der Waals surface area contributed by atoms with Gasteiger partial charge in [-0.3, -0.25) is 4.79 Å². The number of halogens is 2. The normalized spacial score (nSPS) is 13.7. The summed E-state index contributed by atoms with van der Waals surface area (Å²) in [5.41, 5.74) is 5.38. The summed E-state index contributed by atoms with van der Waals surface area (Å²) in [6.07, 6.45) is 5.83. The van der Waals surface area contributed by atoms with Crippen LogP contribution in [0.2, 0.25) is 10.0 Å². The fourth-order valence-corrected chi connectivity index (χ4v) is 5.10. The van der Waals surface area contributed by atoms with Gasteiger partial charge in [0.15, 0.2) is 0 Å². The number of amides is 1. The zero-order valence-electron chi connectivity index (χ0n) is 22.3. The van der Waals surface area contributed by atoms with E-state index in [1.807, 2.05) is 88.6 Å². The number of carbonyl (C=O) groups excluding carboxylic acids is 1. The molecule has 0 saturated carbocycles. The van der Waals surface area contributed by atoms with Crippen LogP contribution in [0.15, 0.2) is 79.0 Å². The molecule has 2 aromatic heterocycles. The van der Waals surface area contributed by atoms with E-state index in [1.165, 1.54) is 0 Å². The van der Waals surface area contributed by atoms with Gasteiger partial charge in [0.1, 0.15) is 5.75 Å². The zero-order chi connectivity index (χ0) is 28.3. The first-order valence-electron chi connectivity index (χ1n) is 13.1. The molecule has 0 N–H and O–H groups in total. The molecule has 3 aromatic carbocycles. The maximum Gasteiger partial charge on any atom is 0.254 e. The van der Waals surface area contributed by atoms with Crippen molar-refractivity contribution < 1.29 is 14.3 Å². The van der Waals surface area contributed by atoms with Gasteiger partial charge in [-0.05, 0) is 84.9 Å². The molecule has 6 rings (SSSR count). The first-order chi connectivity index (χ1) is 20.0. The summed E-state index contributed by atoms with van der Waals surface area (Å²) in [6, 6.07) is 22.5. The van der Waals surface area contributed by atoms with Crippen molar-refractivity contribution in [3.05, 3.63) is 106 Å². The second-order valence-electron chi connectivity index (χ2n) is 9.58. The van der Waals surface area contributed by atoms with E-state index in [2.05, 4.69) is 0 Å². The van der Waals surface area contributed by atoms with Crippen molar-refractivity contribution in [1.82, 2.24) is 19.7 Å². The van der Waals surface area contributed by atoms with Crippen molar-refractivity contribution >= 4 is 52.2 Å². The minimum Gasteiger partial charge on any atom is -0.497 e. The molecule has 0 atom stereocenters. The van der Waals surface area contributed by atoms with Crippen molar-refractivity contribution in [3.8, 4) is 22.7 Å². The summed E-state index contributed by atoms with van der Waals surface area (Å²) < 4.78 is 12.6. The molecule has 1 aliphatic rings. The van der Waals surface area contributed by atoms with E-state index >= 15 is 0 Å². The first kappa shape index (κ1) is 27.0. The van der Waals surface area contributed by atoms with Crippen molar-refractivity contribution in [2.24, 2.45) is 0 Å². The molecule has 1 saturated heterocycles. The lowest BCUT2D eigenvalue weighted by Crippen LogP contribution is -2.40. The van der Waals surface area contributed by atoms with Crippen LogP contribution in [0.25, 0.3) is 40.0 Å². The van der Waals surface area contributed by atoms with Gasteiger partial charge in [-0.1, -0.05) is 23.2 Å². The van der Waals surface area contributed by atoms with E-state index in [1.54, 1.807) is 19.2 Å². The van der Waals surface area contributed by atoms with Crippen LogP contribution in [-0.2, 0) is 4.74 Å². The SMILES string of the molecule is COc1ccc(-c2nn(-c3ccc(Cl)cc3)cc2/C=C/c2cc(C(=O)N3CCOCC3)c3cc(Cl)ccc3n2)cc1. The van der Waals surface area contributed by atoms with Gasteiger partial charge in [-0.2, -0.15) is 5.10 Å². The third-order valence-electron chi connectivity index (χ3n) is 6.95. The van der Waals surface area contributed by atoms with E-state index in [-0.39, 0.29) is 5.91 Å². The molecule has 1 amide bonds. The van der Waals surface area contributed by atoms with Gasteiger partial charge in [0.05, 0.1) is 48.5 Å². The molecule has 206 valence electrons. The van der Waals surface area contributed by atoms with Crippen LogP contribution < -0.4 is 4.74 Å². The second kappa shape index (κ2) is 11.7. The predicted molar refractivity (Wildman–Crippen MR) is 163 cm³/mol. The first-order valence-corrected chi connectivity index (χ1v) is 13.9. The Hall–Kier alpha value is -4.17. The number of methoxy groups -OCH3 is 1. The van der Waals surface area contributed by atoms with Crippen LogP contribution in [0, 0.1) is 0 Å². The Balaban J connectivity index is 1.42. The summed E-state index contributed by atoms with van der Waals surface area (Å²) in [5, 5.41) is 6.82. The van der Waals surface area contributed by atoms with Crippen LogP contribution in [0.4, 0.5) is 0 Å². The lowest BCUT2D eigenvalue weighted by atomic mass is 10.0. The molecule has 1 fully saturated rings. The highest BCUT2D eigenvalue weighted by Crippen LogP contribution is 2.29. The lowest BCUT2D eigenvalue weighted by molar-refractivity contribution is 0.0304. The Labute approximate surface area is 247 Å². The number of fused-ring (bicyclic) bond motifs is 1. The standard InChI is InChI=1S/C32H26Cl2N4O3/c1-40-27-11-3-21(4-12-27)31-22(20-38(36-31)26-9-5-23(33)6-10-26)2-8-25-19-29(32(39)37-14-16-41-17-15-37)28-18-24(34)7-13-30(28)35-25/h2-13,18-20H,14-17H2,1H3/b8-2+. The van der Waals surface area contributed by atoms with Gasteiger partial charge in [0, 0.05) is 45.8 Å². The number of ether oxygens (including phenoxy) is 2. The molecule has 41 heavy (non-hydrogen) atoms. The Morgan fingerprint density at radius 3 is 2.39 bits per heavy atom. The molecule has 0 bridgehead atoms. The molecule has 0 aliphatic carbocycles. The highest BCUT2D eigenvalue weighted by Gasteiger charge is 2.22. The Morgan fingerprint density at radius 1 is 0.927 bits per heavy atom. The lowest BCUT2D eigenvalue weighted by Gasteiger charge is -2.27. The average Bonchev–Trinajstić information content (AvgIpc) is 3.44. The van der Waals surface area contributed by atoms with Crippen LogP contribution in [0.1, 0.15) is 21.6 Å². The minimum atomic E-state index is -0.0629. The van der Waals surface area contributed by atoms with Crippen LogP contribution in [0.3, 0.4) is 0 Å². The second-order valence-corrected chi connectivity index (χ2v) is 10.4. The van der Waals surface area contributed by atoms with Crippen molar-refractivity contribution in [3.63, 3.8) is 0 Å². The molecule has 3 heterocycles. The molecule has 0 unspecified atom stereocenters. The number of hydrogen-bond donors (Lipinski definition) is 0. The highest BCUT2D eigenvalue weighted by molar-refractivity contribution is 6.31. The number of benzene rings is 3. The maximum absolute atomic E-state index is 13.6. The summed E-state index contributed by atoms with van der Waals surface area (Å²) >= 11 is 12.4. The van der Waals surface area contributed by atoms with Crippen molar-refractivity contribution in [1.29, 1.82) is 0 Å². The smallest absolute Gasteiger partial charge is 0.254 e. The number of rotatable bonds is 6. The summed E-state index contributed by atoms with van der Waals surface area (Å²) in [7, 11) is 1.64. The van der Waals surface area contributed by atoms with Gasteiger partial charge >= 0.3 is 0 Å². The number of aromatic nitrogens is 3. The quantitative estimate of drug-likeness (QED) is 0.214. The maximum atomic E-state index is 13.6. The number of hydrogen-bond acceptors (Lipinski definition) is 5. The van der Waals surface area contributed by atoms with Gasteiger partial charge in [-0.25, -0.2) is 9.67 Å². The van der Waals surface area contributed by atoms with Gasteiger partial charge in [0.25, 0.3) is 5.91 Å². The van der Waals surface area contributed by atoms with Crippen molar-refractivity contribution in [2.45, 2.75) is 0 Å². The van der Waals surface area contributed by atoms with E-state index in [9.17, 15) is 4.79 Å². The van der Waals surface area contributed by atoms with Gasteiger partial charge in [0.2, 0.25) is 0 Å². The monoisotopic (exact) mass is 584 g/mol. The van der Waals surface area contributed by atoms with Crippen LogP contribution in [0.5, 0.6) is 5.75 Å². The Bertz CT molecular complexity index is 1740. The van der Waals surface area contributed by atoms with E-state index in [0.29, 0.717) is 53.1 Å².